The highest BCUT2D eigenvalue weighted by Crippen LogP contribution is 2.38. The molecule has 1 saturated carbocycles. The second kappa shape index (κ2) is 5.67. The molecule has 0 spiro atoms. The molecule has 5 rings (SSSR count). The van der Waals surface area contributed by atoms with Gasteiger partial charge in [-0.2, -0.15) is 4.52 Å². The van der Waals surface area contributed by atoms with Gasteiger partial charge in [-0.05, 0) is 44.4 Å². The van der Waals surface area contributed by atoms with Crippen LogP contribution >= 0.6 is 0 Å². The Hall–Kier alpha value is -1.73. The molecule has 0 N–H and O–H groups in total. The van der Waals surface area contributed by atoms with E-state index in [1.54, 1.807) is 0 Å². The maximum absolute atomic E-state index is 5.49. The van der Waals surface area contributed by atoms with Gasteiger partial charge in [0.1, 0.15) is 5.82 Å². The molecule has 2 aliphatic heterocycles. The van der Waals surface area contributed by atoms with E-state index in [4.69, 9.17) is 9.84 Å². The fourth-order valence-corrected chi connectivity index (χ4v) is 3.77. The molecule has 7 heteroatoms. The van der Waals surface area contributed by atoms with Gasteiger partial charge in [-0.25, -0.2) is 0 Å². The van der Waals surface area contributed by atoms with Crippen LogP contribution in [0.2, 0.25) is 0 Å². The van der Waals surface area contributed by atoms with E-state index in [1.165, 1.54) is 19.3 Å². The topological polar surface area (TPSA) is 58.8 Å². The summed E-state index contributed by atoms with van der Waals surface area (Å²) >= 11 is 0. The van der Waals surface area contributed by atoms with E-state index in [0.29, 0.717) is 17.9 Å². The molecular formula is C17H24N6O. The Labute approximate surface area is 141 Å². The molecule has 1 aliphatic carbocycles. The molecule has 2 saturated heterocycles. The SMILES string of the molecule is CN(CC1CCOC1)C1CN(c2ccc3nnc(C4CC4)n3n2)C1. The summed E-state index contributed by atoms with van der Waals surface area (Å²) in [5.41, 5.74) is 0.857. The van der Waals surface area contributed by atoms with Gasteiger partial charge in [0, 0.05) is 38.2 Å². The number of ether oxygens (including phenoxy) is 1. The highest BCUT2D eigenvalue weighted by molar-refractivity contribution is 5.48. The molecule has 0 aromatic carbocycles. The maximum Gasteiger partial charge on any atom is 0.178 e. The lowest BCUT2D eigenvalue weighted by Gasteiger charge is -2.45. The van der Waals surface area contributed by atoms with Crippen molar-refractivity contribution in [2.75, 3.05) is 44.8 Å². The van der Waals surface area contributed by atoms with Gasteiger partial charge >= 0.3 is 0 Å². The summed E-state index contributed by atoms with van der Waals surface area (Å²) in [6.07, 6.45) is 3.64. The summed E-state index contributed by atoms with van der Waals surface area (Å²) in [4.78, 5) is 4.84. The van der Waals surface area contributed by atoms with E-state index in [2.05, 4.69) is 33.1 Å². The Morgan fingerprint density at radius 1 is 1.21 bits per heavy atom. The molecule has 0 radical (unpaired) electrons. The first-order valence-corrected chi connectivity index (χ1v) is 9.03. The fourth-order valence-electron chi connectivity index (χ4n) is 3.77. The average molecular weight is 328 g/mol. The Balaban J connectivity index is 1.25. The molecule has 1 unspecified atom stereocenters. The molecule has 0 amide bonds. The smallest absolute Gasteiger partial charge is 0.178 e. The van der Waals surface area contributed by atoms with Gasteiger partial charge in [0.15, 0.2) is 11.5 Å². The van der Waals surface area contributed by atoms with E-state index in [1.807, 2.05) is 10.6 Å². The van der Waals surface area contributed by atoms with Crippen molar-refractivity contribution in [3.05, 3.63) is 18.0 Å². The first kappa shape index (κ1) is 14.6. The minimum atomic E-state index is 0.562. The van der Waals surface area contributed by atoms with Crippen molar-refractivity contribution < 1.29 is 4.74 Å². The van der Waals surface area contributed by atoms with Crippen molar-refractivity contribution in [3.63, 3.8) is 0 Å². The van der Waals surface area contributed by atoms with Crippen molar-refractivity contribution in [3.8, 4) is 0 Å². The summed E-state index contributed by atoms with van der Waals surface area (Å²) in [5, 5.41) is 13.3. The van der Waals surface area contributed by atoms with Crippen molar-refractivity contribution in [1.82, 2.24) is 24.7 Å². The van der Waals surface area contributed by atoms with Crippen LogP contribution < -0.4 is 4.90 Å². The number of rotatable bonds is 5. The van der Waals surface area contributed by atoms with E-state index in [9.17, 15) is 0 Å². The standard InChI is InChI=1S/C17H24N6O/c1-21(8-12-6-7-24-11-12)14-9-22(10-14)16-5-4-15-18-19-17(13-2-3-13)23(15)20-16/h4-5,12-14H,2-3,6-11H2,1H3. The second-order valence-corrected chi connectivity index (χ2v) is 7.52. The van der Waals surface area contributed by atoms with Crippen LogP contribution in [0.25, 0.3) is 5.65 Å². The predicted molar refractivity (Wildman–Crippen MR) is 90.3 cm³/mol. The van der Waals surface area contributed by atoms with Gasteiger partial charge < -0.3 is 9.64 Å². The number of likely N-dealkylation sites (N-methyl/N-ethyl adjacent to an activating group) is 1. The number of nitrogens with zero attached hydrogens (tertiary/aromatic N) is 6. The zero-order chi connectivity index (χ0) is 16.1. The lowest BCUT2D eigenvalue weighted by molar-refractivity contribution is 0.149. The third-order valence-corrected chi connectivity index (χ3v) is 5.60. The zero-order valence-electron chi connectivity index (χ0n) is 14.1. The van der Waals surface area contributed by atoms with E-state index < -0.39 is 0 Å². The van der Waals surface area contributed by atoms with Crippen LogP contribution in [0.4, 0.5) is 5.82 Å². The molecule has 7 nitrogen and oxygen atoms in total. The highest BCUT2D eigenvalue weighted by atomic mass is 16.5. The zero-order valence-corrected chi connectivity index (χ0v) is 14.1. The van der Waals surface area contributed by atoms with Crippen LogP contribution in [0.5, 0.6) is 0 Å². The van der Waals surface area contributed by atoms with Gasteiger partial charge in [-0.3, -0.25) is 4.90 Å². The lowest BCUT2D eigenvalue weighted by atomic mass is 10.0. The lowest BCUT2D eigenvalue weighted by Crippen LogP contribution is -2.59. The minimum Gasteiger partial charge on any atom is -0.381 e. The largest absolute Gasteiger partial charge is 0.381 e. The van der Waals surface area contributed by atoms with Crippen LogP contribution in [0, 0.1) is 5.92 Å². The Morgan fingerprint density at radius 2 is 2.08 bits per heavy atom. The molecule has 0 bridgehead atoms. The van der Waals surface area contributed by atoms with E-state index >= 15 is 0 Å². The van der Waals surface area contributed by atoms with Crippen LogP contribution in [-0.4, -0.2) is 70.6 Å². The highest BCUT2D eigenvalue weighted by Gasteiger charge is 2.33. The van der Waals surface area contributed by atoms with Gasteiger partial charge in [-0.15, -0.1) is 15.3 Å². The van der Waals surface area contributed by atoms with Crippen molar-refractivity contribution in [2.45, 2.75) is 31.2 Å². The summed E-state index contributed by atoms with van der Waals surface area (Å²) in [6, 6.07) is 4.72. The predicted octanol–water partition coefficient (Wildman–Crippen LogP) is 1.16. The Morgan fingerprint density at radius 3 is 2.83 bits per heavy atom. The molecular weight excluding hydrogens is 304 g/mol. The monoisotopic (exact) mass is 328 g/mol. The van der Waals surface area contributed by atoms with E-state index in [0.717, 1.165) is 50.1 Å². The molecule has 2 aromatic heterocycles. The van der Waals surface area contributed by atoms with Gasteiger partial charge in [-0.1, -0.05) is 0 Å². The number of hydrogen-bond acceptors (Lipinski definition) is 6. The number of hydrogen-bond donors (Lipinski definition) is 0. The molecule has 1 atom stereocenters. The van der Waals surface area contributed by atoms with Crippen LogP contribution in [0.3, 0.4) is 0 Å². The Bertz CT molecular complexity index is 730. The molecule has 4 heterocycles. The van der Waals surface area contributed by atoms with Crippen molar-refractivity contribution in [2.24, 2.45) is 5.92 Å². The number of anilines is 1. The molecule has 2 aromatic rings. The number of fused-ring (bicyclic) bond motifs is 1. The molecule has 3 aliphatic rings. The summed E-state index contributed by atoms with van der Waals surface area (Å²) in [5.74, 6) is 3.34. The normalized spacial score (nSPS) is 24.9. The third-order valence-electron chi connectivity index (χ3n) is 5.60. The van der Waals surface area contributed by atoms with E-state index in [-0.39, 0.29) is 0 Å². The number of aromatic nitrogens is 4. The first-order valence-electron chi connectivity index (χ1n) is 9.03. The van der Waals surface area contributed by atoms with Crippen LogP contribution in [0.15, 0.2) is 12.1 Å². The molecule has 128 valence electrons. The van der Waals surface area contributed by atoms with Crippen molar-refractivity contribution >= 4 is 11.5 Å². The summed E-state index contributed by atoms with van der Waals surface area (Å²) < 4.78 is 7.43. The summed E-state index contributed by atoms with van der Waals surface area (Å²) in [6.45, 7) is 5.09. The van der Waals surface area contributed by atoms with Crippen molar-refractivity contribution in [1.29, 1.82) is 0 Å². The van der Waals surface area contributed by atoms with Gasteiger partial charge in [0.2, 0.25) is 0 Å². The van der Waals surface area contributed by atoms with Gasteiger partial charge in [0.25, 0.3) is 0 Å². The van der Waals surface area contributed by atoms with Crippen LogP contribution in [0.1, 0.15) is 31.0 Å². The van der Waals surface area contributed by atoms with Crippen LogP contribution in [-0.2, 0) is 4.74 Å². The third kappa shape index (κ3) is 2.56. The van der Waals surface area contributed by atoms with Gasteiger partial charge in [0.05, 0.1) is 6.61 Å². The molecule has 3 fully saturated rings. The Kier molecular flexibility index (Phi) is 3.45. The second-order valence-electron chi connectivity index (χ2n) is 7.52. The quantitative estimate of drug-likeness (QED) is 0.821. The fraction of sp³-hybridized carbons (Fsp3) is 0.706. The maximum atomic E-state index is 5.49. The minimum absolute atomic E-state index is 0.562. The first-order chi connectivity index (χ1) is 11.8. The summed E-state index contributed by atoms with van der Waals surface area (Å²) in [7, 11) is 2.24. The molecule has 24 heavy (non-hydrogen) atoms. The average Bonchev–Trinajstić information content (AvgIpc) is 3.08.